The van der Waals surface area contributed by atoms with Crippen LogP contribution in [0.2, 0.25) is 0 Å². The molecule has 1 aromatic heterocycles. The predicted octanol–water partition coefficient (Wildman–Crippen LogP) is 4.28. The van der Waals surface area contributed by atoms with E-state index in [1.807, 2.05) is 23.1 Å². The Kier molecular flexibility index (Phi) is 4.31. The third-order valence-corrected chi connectivity index (χ3v) is 5.72. The van der Waals surface area contributed by atoms with Crippen LogP contribution >= 0.6 is 23.1 Å². The minimum Gasteiger partial charge on any atom is -0.494 e. The second-order valence-electron chi connectivity index (χ2n) is 4.74. The molecule has 19 heavy (non-hydrogen) atoms. The first kappa shape index (κ1) is 13.3. The van der Waals surface area contributed by atoms with Crippen LogP contribution in [0.25, 0.3) is 10.1 Å². The average molecular weight is 293 g/mol. The lowest BCUT2D eigenvalue weighted by atomic mass is 10.2. The highest BCUT2D eigenvalue weighted by Crippen LogP contribution is 2.40. The van der Waals surface area contributed by atoms with Crippen LogP contribution in [0.15, 0.2) is 23.1 Å². The van der Waals surface area contributed by atoms with Crippen LogP contribution in [0.3, 0.4) is 0 Å². The summed E-state index contributed by atoms with van der Waals surface area (Å²) in [6, 6.07) is 6.53. The molecule has 1 aliphatic heterocycles. The van der Waals surface area contributed by atoms with Crippen molar-refractivity contribution in [3.05, 3.63) is 23.1 Å². The molecule has 0 unspecified atom stereocenters. The average Bonchev–Trinajstić information content (AvgIpc) is 2.61. The molecule has 2 nitrogen and oxygen atoms in total. The summed E-state index contributed by atoms with van der Waals surface area (Å²) in [7, 11) is 0. The molecule has 0 saturated heterocycles. The van der Waals surface area contributed by atoms with Gasteiger partial charge in [0.1, 0.15) is 5.75 Å². The van der Waals surface area contributed by atoms with Crippen molar-refractivity contribution in [1.82, 2.24) is 5.32 Å². The van der Waals surface area contributed by atoms with Gasteiger partial charge in [-0.05, 0) is 24.6 Å². The van der Waals surface area contributed by atoms with E-state index in [4.69, 9.17) is 4.74 Å². The number of thiophene rings is 1. The molecule has 0 spiro atoms. The smallest absolute Gasteiger partial charge is 0.120 e. The number of hydrogen-bond donors (Lipinski definition) is 1. The van der Waals surface area contributed by atoms with Crippen LogP contribution in [0, 0.1) is 0 Å². The number of benzene rings is 1. The lowest BCUT2D eigenvalue weighted by Crippen LogP contribution is -2.13. The monoisotopic (exact) mass is 293 g/mol. The van der Waals surface area contributed by atoms with Crippen LogP contribution in [0.4, 0.5) is 0 Å². The molecule has 0 fully saturated rings. The second-order valence-corrected chi connectivity index (χ2v) is 6.98. The molecule has 1 aromatic carbocycles. The van der Waals surface area contributed by atoms with E-state index in [0.717, 1.165) is 37.6 Å². The Labute approximate surface area is 122 Å². The minimum absolute atomic E-state index is 0.822. The van der Waals surface area contributed by atoms with Gasteiger partial charge in [-0.1, -0.05) is 13.3 Å². The molecular formula is C15H19NOS2. The van der Waals surface area contributed by atoms with Crippen LogP contribution in [-0.4, -0.2) is 18.9 Å². The van der Waals surface area contributed by atoms with Gasteiger partial charge in [0.05, 0.1) is 6.61 Å². The zero-order chi connectivity index (χ0) is 13.1. The van der Waals surface area contributed by atoms with Gasteiger partial charge < -0.3 is 10.1 Å². The molecule has 1 aliphatic rings. The maximum Gasteiger partial charge on any atom is 0.120 e. The van der Waals surface area contributed by atoms with Gasteiger partial charge in [0, 0.05) is 38.7 Å². The van der Waals surface area contributed by atoms with E-state index < -0.39 is 0 Å². The van der Waals surface area contributed by atoms with E-state index in [1.165, 1.54) is 26.3 Å². The van der Waals surface area contributed by atoms with Crippen molar-refractivity contribution < 1.29 is 4.74 Å². The molecule has 0 radical (unpaired) electrons. The lowest BCUT2D eigenvalue weighted by Gasteiger charge is -2.05. The summed E-state index contributed by atoms with van der Waals surface area (Å²) in [5.74, 6) is 2.17. The number of unbranched alkanes of at least 4 members (excludes halogenated alkanes) is 1. The van der Waals surface area contributed by atoms with E-state index in [0.29, 0.717) is 0 Å². The Morgan fingerprint density at radius 1 is 1.37 bits per heavy atom. The van der Waals surface area contributed by atoms with Crippen molar-refractivity contribution in [2.75, 3.05) is 18.9 Å². The molecule has 2 aromatic rings. The highest BCUT2D eigenvalue weighted by molar-refractivity contribution is 7.99. The molecule has 2 heterocycles. The fourth-order valence-corrected chi connectivity index (χ4v) is 4.65. The molecule has 3 rings (SSSR count). The van der Waals surface area contributed by atoms with Gasteiger partial charge in [-0.2, -0.15) is 0 Å². The number of ether oxygens (including phenoxy) is 1. The number of rotatable bonds is 4. The first-order valence-electron chi connectivity index (χ1n) is 6.90. The van der Waals surface area contributed by atoms with Crippen LogP contribution in [0.5, 0.6) is 5.75 Å². The molecule has 0 aliphatic carbocycles. The lowest BCUT2D eigenvalue weighted by molar-refractivity contribution is 0.310. The zero-order valence-corrected chi connectivity index (χ0v) is 12.8. The van der Waals surface area contributed by atoms with Crippen LogP contribution in [0.1, 0.15) is 24.6 Å². The summed E-state index contributed by atoms with van der Waals surface area (Å²) in [5, 5.41) is 4.86. The minimum atomic E-state index is 0.822. The maximum atomic E-state index is 5.83. The first-order chi connectivity index (χ1) is 9.38. The van der Waals surface area contributed by atoms with Gasteiger partial charge in [0.25, 0.3) is 0 Å². The molecule has 4 heteroatoms. The van der Waals surface area contributed by atoms with Gasteiger partial charge in [0.15, 0.2) is 0 Å². The van der Waals surface area contributed by atoms with Crippen molar-refractivity contribution in [3.8, 4) is 5.75 Å². The van der Waals surface area contributed by atoms with Gasteiger partial charge >= 0.3 is 0 Å². The highest BCUT2D eigenvalue weighted by Gasteiger charge is 2.15. The van der Waals surface area contributed by atoms with Gasteiger partial charge in [-0.25, -0.2) is 0 Å². The second kappa shape index (κ2) is 6.16. The molecule has 1 N–H and O–H groups in total. The van der Waals surface area contributed by atoms with Crippen molar-refractivity contribution in [2.24, 2.45) is 0 Å². The zero-order valence-electron chi connectivity index (χ0n) is 11.2. The van der Waals surface area contributed by atoms with Crippen molar-refractivity contribution in [2.45, 2.75) is 31.2 Å². The fraction of sp³-hybridized carbons (Fsp3) is 0.467. The predicted molar refractivity (Wildman–Crippen MR) is 84.7 cm³/mol. The topological polar surface area (TPSA) is 21.3 Å². The van der Waals surface area contributed by atoms with E-state index in [2.05, 4.69) is 30.4 Å². The summed E-state index contributed by atoms with van der Waals surface area (Å²) >= 11 is 3.89. The quantitative estimate of drug-likeness (QED) is 0.850. The molecule has 0 atom stereocenters. The molecule has 0 amide bonds. The highest BCUT2D eigenvalue weighted by atomic mass is 32.2. The van der Waals surface area contributed by atoms with E-state index >= 15 is 0 Å². The van der Waals surface area contributed by atoms with E-state index in [-0.39, 0.29) is 0 Å². The Balaban J connectivity index is 1.90. The van der Waals surface area contributed by atoms with Crippen LogP contribution < -0.4 is 10.1 Å². The number of hydrogen-bond acceptors (Lipinski definition) is 4. The van der Waals surface area contributed by atoms with Crippen molar-refractivity contribution in [3.63, 3.8) is 0 Å². The van der Waals surface area contributed by atoms with E-state index in [9.17, 15) is 0 Å². The summed E-state index contributed by atoms with van der Waals surface area (Å²) in [5.41, 5.74) is 0. The Bertz CT molecular complexity index is 565. The van der Waals surface area contributed by atoms with Crippen molar-refractivity contribution >= 4 is 33.2 Å². The molecule has 0 bridgehead atoms. The first-order valence-corrected chi connectivity index (χ1v) is 8.70. The standard InChI is InChI=1S/C15H19NOS2/c1-2-3-7-17-11-4-5-13-12(9-11)15-14(19-13)10-16-6-8-18-15/h4-5,9,16H,2-3,6-8,10H2,1H3. The molecule has 0 saturated carbocycles. The fourth-order valence-electron chi connectivity index (χ4n) is 2.23. The van der Waals surface area contributed by atoms with Crippen LogP contribution in [-0.2, 0) is 6.54 Å². The Morgan fingerprint density at radius 3 is 3.21 bits per heavy atom. The number of thioether (sulfide) groups is 1. The summed E-state index contributed by atoms with van der Waals surface area (Å²) in [4.78, 5) is 2.94. The number of fused-ring (bicyclic) bond motifs is 3. The Morgan fingerprint density at radius 2 is 2.32 bits per heavy atom. The Hall–Kier alpha value is -0.710. The summed E-state index contributed by atoms with van der Waals surface area (Å²) < 4.78 is 7.20. The summed E-state index contributed by atoms with van der Waals surface area (Å²) in [6.07, 6.45) is 2.30. The van der Waals surface area contributed by atoms with Gasteiger partial charge in [0.2, 0.25) is 0 Å². The SMILES string of the molecule is CCCCOc1ccc2sc3c(c2c1)SCCNC3. The van der Waals surface area contributed by atoms with E-state index in [1.54, 1.807) is 0 Å². The van der Waals surface area contributed by atoms with Gasteiger partial charge in [-0.15, -0.1) is 23.1 Å². The molecular weight excluding hydrogens is 274 g/mol. The molecule has 102 valence electrons. The normalized spacial score (nSPS) is 15.2. The summed E-state index contributed by atoms with van der Waals surface area (Å²) in [6.45, 7) is 5.12. The van der Waals surface area contributed by atoms with Crippen molar-refractivity contribution in [1.29, 1.82) is 0 Å². The third-order valence-electron chi connectivity index (χ3n) is 3.26. The largest absolute Gasteiger partial charge is 0.494 e. The maximum absolute atomic E-state index is 5.83. The number of nitrogens with one attached hydrogen (secondary N) is 1. The van der Waals surface area contributed by atoms with Gasteiger partial charge in [-0.3, -0.25) is 0 Å². The third kappa shape index (κ3) is 2.91.